The van der Waals surface area contributed by atoms with Gasteiger partial charge in [0.05, 0.1) is 17.3 Å². The molecule has 122 valence electrons. The summed E-state index contributed by atoms with van der Waals surface area (Å²) in [5, 5.41) is 4.31. The van der Waals surface area contributed by atoms with E-state index < -0.39 is 5.60 Å². The molecule has 1 aliphatic heterocycles. The molecule has 2 aromatic rings. The maximum atomic E-state index is 12.6. The Labute approximate surface area is 135 Å². The maximum Gasteiger partial charge on any atom is 0.410 e. The van der Waals surface area contributed by atoms with Crippen LogP contribution >= 0.6 is 0 Å². The predicted molar refractivity (Wildman–Crippen MR) is 88.1 cm³/mol. The van der Waals surface area contributed by atoms with Crippen LogP contribution in [-0.4, -0.2) is 46.2 Å². The monoisotopic (exact) mass is 314 g/mol. The highest BCUT2D eigenvalue weighted by atomic mass is 16.6. The smallest absolute Gasteiger partial charge is 0.410 e. The molecule has 23 heavy (non-hydrogen) atoms. The number of para-hydroxylation sites is 1. The molecule has 2 heterocycles. The fourth-order valence-electron chi connectivity index (χ4n) is 2.78. The van der Waals surface area contributed by atoms with Gasteiger partial charge in [0.25, 0.3) is 0 Å². The van der Waals surface area contributed by atoms with Crippen molar-refractivity contribution >= 4 is 17.0 Å². The summed E-state index contributed by atoms with van der Waals surface area (Å²) in [5.74, 6) is 0. The quantitative estimate of drug-likeness (QED) is 0.876. The zero-order chi connectivity index (χ0) is 16.4. The molecule has 3 rings (SSSR count). The van der Waals surface area contributed by atoms with E-state index >= 15 is 0 Å². The average molecular weight is 314 g/mol. The normalized spacial score (nSPS) is 18.9. The van der Waals surface area contributed by atoms with Crippen LogP contribution in [0.4, 0.5) is 4.79 Å². The largest absolute Gasteiger partial charge is 0.444 e. The van der Waals surface area contributed by atoms with E-state index in [-0.39, 0.29) is 12.1 Å². The van der Waals surface area contributed by atoms with Crippen molar-refractivity contribution in [2.75, 3.05) is 19.6 Å². The van der Waals surface area contributed by atoms with Gasteiger partial charge in [-0.3, -0.25) is 4.90 Å². The van der Waals surface area contributed by atoms with Crippen molar-refractivity contribution in [3.8, 4) is 0 Å². The van der Waals surface area contributed by atoms with Gasteiger partial charge in [-0.15, -0.1) is 0 Å². The highest BCUT2D eigenvalue weighted by molar-refractivity contribution is 5.81. The lowest BCUT2D eigenvalue weighted by Crippen LogP contribution is -2.50. The molecule has 1 aliphatic rings. The summed E-state index contributed by atoms with van der Waals surface area (Å²) in [6.45, 7) is 7.63. The molecule has 0 saturated carbocycles. The first-order valence-corrected chi connectivity index (χ1v) is 7.86. The Bertz CT molecular complexity index is 706. The van der Waals surface area contributed by atoms with E-state index in [1.807, 2.05) is 45.0 Å². The van der Waals surface area contributed by atoms with E-state index in [9.17, 15) is 4.79 Å². The number of hydrogen-bond acceptors (Lipinski definition) is 5. The van der Waals surface area contributed by atoms with Gasteiger partial charge in [-0.25, -0.2) is 14.8 Å². The van der Waals surface area contributed by atoms with E-state index in [0.29, 0.717) is 13.1 Å². The standard InChI is InChI=1S/C17H22N4O2/c1-17(2,3)23-16(22)21-9-8-18-10-14(21)15-12-6-4-5-7-13(12)19-11-20-15/h4-7,11,14,18H,8-10H2,1-3H3. The van der Waals surface area contributed by atoms with Crippen LogP contribution in [0, 0.1) is 0 Å². The summed E-state index contributed by atoms with van der Waals surface area (Å²) in [6.07, 6.45) is 1.26. The SMILES string of the molecule is CC(C)(C)OC(=O)N1CCNCC1c1ncnc2ccccc12. The van der Waals surface area contributed by atoms with Crippen molar-refractivity contribution in [3.63, 3.8) is 0 Å². The Morgan fingerprint density at radius 3 is 2.87 bits per heavy atom. The minimum Gasteiger partial charge on any atom is -0.444 e. The molecule has 6 nitrogen and oxygen atoms in total. The number of amides is 1. The Balaban J connectivity index is 1.96. The number of piperazine rings is 1. The second kappa shape index (κ2) is 6.12. The lowest BCUT2D eigenvalue weighted by atomic mass is 10.0. The van der Waals surface area contributed by atoms with E-state index in [4.69, 9.17) is 4.74 Å². The average Bonchev–Trinajstić information content (AvgIpc) is 2.53. The Morgan fingerprint density at radius 2 is 2.09 bits per heavy atom. The van der Waals surface area contributed by atoms with Crippen molar-refractivity contribution in [2.45, 2.75) is 32.4 Å². The second-order valence-electron chi connectivity index (χ2n) is 6.67. The molecule has 6 heteroatoms. The number of ether oxygens (including phenoxy) is 1. The highest BCUT2D eigenvalue weighted by Gasteiger charge is 2.33. The molecule has 1 unspecified atom stereocenters. The maximum absolute atomic E-state index is 12.6. The van der Waals surface area contributed by atoms with Gasteiger partial charge in [-0.05, 0) is 26.8 Å². The van der Waals surface area contributed by atoms with Gasteiger partial charge in [0, 0.05) is 25.0 Å². The molecule has 0 radical (unpaired) electrons. The van der Waals surface area contributed by atoms with Gasteiger partial charge in [0.2, 0.25) is 0 Å². The van der Waals surface area contributed by atoms with Crippen molar-refractivity contribution in [2.24, 2.45) is 0 Å². The third-order valence-corrected chi connectivity index (χ3v) is 3.76. The van der Waals surface area contributed by atoms with Crippen LogP contribution in [0.5, 0.6) is 0 Å². The van der Waals surface area contributed by atoms with Crippen LogP contribution in [0.2, 0.25) is 0 Å². The molecule has 1 saturated heterocycles. The van der Waals surface area contributed by atoms with Crippen LogP contribution in [0.25, 0.3) is 10.9 Å². The van der Waals surface area contributed by atoms with Gasteiger partial charge in [-0.2, -0.15) is 0 Å². The van der Waals surface area contributed by atoms with Gasteiger partial charge in [-0.1, -0.05) is 18.2 Å². The molecule has 1 aromatic heterocycles. The van der Waals surface area contributed by atoms with Crippen molar-refractivity contribution in [3.05, 3.63) is 36.3 Å². The summed E-state index contributed by atoms with van der Waals surface area (Å²) in [6, 6.07) is 7.69. The number of nitrogens with one attached hydrogen (secondary N) is 1. The van der Waals surface area contributed by atoms with Gasteiger partial charge < -0.3 is 10.1 Å². The third-order valence-electron chi connectivity index (χ3n) is 3.76. The summed E-state index contributed by atoms with van der Waals surface area (Å²) in [7, 11) is 0. The zero-order valence-corrected chi connectivity index (χ0v) is 13.7. The molecule has 1 atom stereocenters. The lowest BCUT2D eigenvalue weighted by molar-refractivity contribution is 0.0115. The number of aromatic nitrogens is 2. The Morgan fingerprint density at radius 1 is 1.30 bits per heavy atom. The van der Waals surface area contributed by atoms with E-state index in [2.05, 4.69) is 15.3 Å². The van der Waals surface area contributed by atoms with Crippen LogP contribution < -0.4 is 5.32 Å². The third kappa shape index (κ3) is 3.42. The first-order valence-electron chi connectivity index (χ1n) is 7.86. The summed E-state index contributed by atoms with van der Waals surface area (Å²) >= 11 is 0. The van der Waals surface area contributed by atoms with Gasteiger partial charge >= 0.3 is 6.09 Å². The summed E-state index contributed by atoms with van der Waals surface area (Å²) < 4.78 is 5.56. The second-order valence-corrected chi connectivity index (χ2v) is 6.67. The number of benzene rings is 1. The number of carbonyl (C=O) groups excluding carboxylic acids is 1. The molecule has 0 spiro atoms. The molecule has 1 N–H and O–H groups in total. The van der Waals surface area contributed by atoms with Crippen molar-refractivity contribution in [1.82, 2.24) is 20.2 Å². The number of fused-ring (bicyclic) bond motifs is 1. The summed E-state index contributed by atoms with van der Waals surface area (Å²) in [5.41, 5.74) is 1.22. The van der Waals surface area contributed by atoms with Gasteiger partial charge in [0.1, 0.15) is 11.9 Å². The zero-order valence-electron chi connectivity index (χ0n) is 13.7. The van der Waals surface area contributed by atoms with Crippen LogP contribution in [0.15, 0.2) is 30.6 Å². The van der Waals surface area contributed by atoms with Crippen molar-refractivity contribution in [1.29, 1.82) is 0 Å². The minimum absolute atomic E-state index is 0.161. The topological polar surface area (TPSA) is 67.3 Å². The summed E-state index contributed by atoms with van der Waals surface area (Å²) in [4.78, 5) is 23.1. The first-order chi connectivity index (χ1) is 11.0. The number of nitrogens with zero attached hydrogens (tertiary/aromatic N) is 3. The van der Waals surface area contributed by atoms with E-state index in [1.165, 1.54) is 0 Å². The molecule has 1 fully saturated rings. The molecule has 0 aliphatic carbocycles. The molecule has 1 amide bonds. The van der Waals surface area contributed by atoms with E-state index in [1.54, 1.807) is 11.2 Å². The van der Waals surface area contributed by atoms with Crippen LogP contribution in [-0.2, 0) is 4.74 Å². The van der Waals surface area contributed by atoms with Gasteiger partial charge in [0.15, 0.2) is 0 Å². The van der Waals surface area contributed by atoms with E-state index in [0.717, 1.165) is 23.1 Å². The lowest BCUT2D eigenvalue weighted by Gasteiger charge is -2.37. The number of hydrogen-bond donors (Lipinski definition) is 1. The molecule has 1 aromatic carbocycles. The fraction of sp³-hybridized carbons (Fsp3) is 0.471. The Kier molecular flexibility index (Phi) is 4.17. The molecular weight excluding hydrogens is 292 g/mol. The molecule has 0 bridgehead atoms. The first kappa shape index (κ1) is 15.7. The fourth-order valence-corrected chi connectivity index (χ4v) is 2.78. The number of carbonyl (C=O) groups is 1. The number of rotatable bonds is 1. The minimum atomic E-state index is -0.514. The highest BCUT2D eigenvalue weighted by Crippen LogP contribution is 2.27. The Hall–Kier alpha value is -2.21. The van der Waals surface area contributed by atoms with Crippen LogP contribution in [0.1, 0.15) is 32.5 Å². The van der Waals surface area contributed by atoms with Crippen LogP contribution in [0.3, 0.4) is 0 Å². The predicted octanol–water partition coefficient (Wildman–Crippen LogP) is 2.51. The molecular formula is C17H22N4O2. The van der Waals surface area contributed by atoms with Crippen molar-refractivity contribution < 1.29 is 9.53 Å².